The number of fused-ring (bicyclic) bond motifs is 1. The van der Waals surface area contributed by atoms with Crippen LogP contribution in [-0.2, 0) is 0 Å². The van der Waals surface area contributed by atoms with Gasteiger partial charge in [0.15, 0.2) is 0 Å². The van der Waals surface area contributed by atoms with Gasteiger partial charge in [0.25, 0.3) is 5.56 Å². The van der Waals surface area contributed by atoms with Crippen LogP contribution in [0.25, 0.3) is 10.9 Å². The van der Waals surface area contributed by atoms with Gasteiger partial charge in [-0.05, 0) is 38.5 Å². The van der Waals surface area contributed by atoms with E-state index in [4.69, 9.17) is 5.26 Å². The van der Waals surface area contributed by atoms with E-state index in [1.54, 1.807) is 26.1 Å². The van der Waals surface area contributed by atoms with E-state index >= 15 is 0 Å². The molecule has 3 rings (SSSR count). The number of hydrogen-bond acceptors (Lipinski definition) is 3. The second-order valence-corrected chi connectivity index (χ2v) is 5.53. The Morgan fingerprint density at radius 2 is 2.00 bits per heavy atom. The second-order valence-electron chi connectivity index (χ2n) is 5.53. The van der Waals surface area contributed by atoms with E-state index < -0.39 is 5.56 Å². The van der Waals surface area contributed by atoms with Gasteiger partial charge in [-0.15, -0.1) is 0 Å². The summed E-state index contributed by atoms with van der Waals surface area (Å²) in [7, 11) is 0. The summed E-state index contributed by atoms with van der Waals surface area (Å²) in [4.78, 5) is 15.7. The van der Waals surface area contributed by atoms with Gasteiger partial charge in [0.05, 0.1) is 6.21 Å². The molecule has 0 aliphatic carbocycles. The first-order valence-electron chi connectivity index (χ1n) is 7.28. The molecule has 23 heavy (non-hydrogen) atoms. The molecule has 0 spiro atoms. The van der Waals surface area contributed by atoms with E-state index in [1.807, 2.05) is 37.3 Å². The summed E-state index contributed by atoms with van der Waals surface area (Å²) in [6.45, 7) is 5.52. The maximum absolute atomic E-state index is 12.4. The Morgan fingerprint density at radius 3 is 2.74 bits per heavy atom. The van der Waals surface area contributed by atoms with Gasteiger partial charge in [0.1, 0.15) is 11.6 Å². The monoisotopic (exact) mass is 304 g/mol. The fraction of sp³-hybridized carbons (Fsp3) is 0.167. The Bertz CT molecular complexity index is 1030. The third kappa shape index (κ3) is 2.44. The molecule has 0 aliphatic heterocycles. The molecule has 1 N–H and O–H groups in total. The zero-order chi connectivity index (χ0) is 16.6. The van der Waals surface area contributed by atoms with Crippen LogP contribution in [0.3, 0.4) is 0 Å². The molecule has 3 aromatic rings. The minimum absolute atomic E-state index is 0.128. The highest BCUT2D eigenvalue weighted by atomic mass is 16.1. The number of pyridine rings is 1. The van der Waals surface area contributed by atoms with Crippen molar-refractivity contribution < 1.29 is 0 Å². The van der Waals surface area contributed by atoms with Crippen LogP contribution >= 0.6 is 0 Å². The number of benzene rings is 1. The number of hydrogen-bond donors (Lipinski definition) is 1. The fourth-order valence-electron chi connectivity index (χ4n) is 2.74. The molecule has 0 bridgehead atoms. The molecule has 0 atom stereocenters. The number of aromatic amines is 1. The van der Waals surface area contributed by atoms with Crippen LogP contribution in [0, 0.1) is 32.1 Å². The Balaban J connectivity index is 2.16. The molecule has 2 heterocycles. The third-order valence-electron chi connectivity index (χ3n) is 3.92. The van der Waals surface area contributed by atoms with E-state index in [1.165, 1.54) is 4.68 Å². The van der Waals surface area contributed by atoms with E-state index in [2.05, 4.69) is 10.1 Å². The molecule has 0 aliphatic rings. The summed E-state index contributed by atoms with van der Waals surface area (Å²) >= 11 is 0. The summed E-state index contributed by atoms with van der Waals surface area (Å²) in [6.07, 6.45) is 1.67. The van der Waals surface area contributed by atoms with Crippen molar-refractivity contribution in [2.45, 2.75) is 20.8 Å². The van der Waals surface area contributed by atoms with Gasteiger partial charge in [-0.1, -0.05) is 18.2 Å². The van der Waals surface area contributed by atoms with Crippen LogP contribution in [0.5, 0.6) is 0 Å². The van der Waals surface area contributed by atoms with Gasteiger partial charge >= 0.3 is 0 Å². The SMILES string of the molecule is Cc1cc(C)n(/N=C/c2c(C)[nH]c3ccccc23)c(=O)c1C#N. The maximum Gasteiger partial charge on any atom is 0.289 e. The zero-order valence-corrected chi connectivity index (χ0v) is 13.2. The predicted octanol–water partition coefficient (Wildman–Crippen LogP) is 3.01. The number of nitrogens with one attached hydrogen (secondary N) is 1. The predicted molar refractivity (Wildman–Crippen MR) is 90.9 cm³/mol. The number of aromatic nitrogens is 2. The Kier molecular flexibility index (Phi) is 3.59. The second kappa shape index (κ2) is 5.58. The summed E-state index contributed by atoms with van der Waals surface area (Å²) in [6, 6.07) is 11.7. The molecule has 0 saturated carbocycles. The van der Waals surface area contributed by atoms with Crippen molar-refractivity contribution in [2.75, 3.05) is 0 Å². The van der Waals surface area contributed by atoms with E-state index in [0.717, 1.165) is 22.2 Å². The smallest absolute Gasteiger partial charge is 0.289 e. The van der Waals surface area contributed by atoms with Crippen LogP contribution in [0.1, 0.15) is 28.1 Å². The Hall–Kier alpha value is -3.13. The molecule has 0 saturated heterocycles. The van der Waals surface area contributed by atoms with Crippen LogP contribution in [0.15, 0.2) is 40.2 Å². The van der Waals surface area contributed by atoms with Crippen molar-refractivity contribution in [1.82, 2.24) is 9.66 Å². The van der Waals surface area contributed by atoms with Gasteiger partial charge in [0, 0.05) is 27.9 Å². The van der Waals surface area contributed by atoms with Crippen LogP contribution in [0.2, 0.25) is 0 Å². The third-order valence-corrected chi connectivity index (χ3v) is 3.92. The lowest BCUT2D eigenvalue weighted by atomic mass is 10.1. The number of para-hydroxylation sites is 1. The van der Waals surface area contributed by atoms with Crippen molar-refractivity contribution in [3.05, 3.63) is 68.8 Å². The van der Waals surface area contributed by atoms with Crippen molar-refractivity contribution >= 4 is 17.1 Å². The van der Waals surface area contributed by atoms with Crippen molar-refractivity contribution in [3.8, 4) is 6.07 Å². The molecule has 1 aromatic carbocycles. The minimum atomic E-state index is -0.390. The molecule has 114 valence electrons. The number of nitrogens with zero attached hydrogens (tertiary/aromatic N) is 3. The summed E-state index contributed by atoms with van der Waals surface area (Å²) in [5.74, 6) is 0. The first-order chi connectivity index (χ1) is 11.0. The topological polar surface area (TPSA) is 73.9 Å². The highest BCUT2D eigenvalue weighted by Gasteiger charge is 2.10. The van der Waals surface area contributed by atoms with Gasteiger partial charge in [0.2, 0.25) is 0 Å². The Morgan fingerprint density at radius 1 is 1.26 bits per heavy atom. The highest BCUT2D eigenvalue weighted by molar-refractivity contribution is 6.00. The molecule has 0 fully saturated rings. The van der Waals surface area contributed by atoms with Crippen LogP contribution < -0.4 is 5.56 Å². The van der Waals surface area contributed by atoms with Crippen molar-refractivity contribution in [3.63, 3.8) is 0 Å². The van der Waals surface area contributed by atoms with Gasteiger partial charge in [-0.3, -0.25) is 4.79 Å². The van der Waals surface area contributed by atoms with Gasteiger partial charge in [-0.25, -0.2) is 4.68 Å². The lowest BCUT2D eigenvalue weighted by Gasteiger charge is -2.06. The first kappa shape index (κ1) is 14.8. The maximum atomic E-state index is 12.4. The lowest BCUT2D eigenvalue weighted by Crippen LogP contribution is -2.22. The molecule has 2 aromatic heterocycles. The quantitative estimate of drug-likeness (QED) is 0.739. The highest BCUT2D eigenvalue weighted by Crippen LogP contribution is 2.20. The molecular formula is C18H16N4O. The molecule has 0 radical (unpaired) electrons. The molecule has 0 amide bonds. The van der Waals surface area contributed by atoms with Crippen molar-refractivity contribution in [2.24, 2.45) is 5.10 Å². The van der Waals surface area contributed by atoms with E-state index in [0.29, 0.717) is 11.3 Å². The molecule has 5 nitrogen and oxygen atoms in total. The first-order valence-corrected chi connectivity index (χ1v) is 7.28. The minimum Gasteiger partial charge on any atom is -0.358 e. The lowest BCUT2D eigenvalue weighted by molar-refractivity contribution is 0.786. The van der Waals surface area contributed by atoms with Gasteiger partial charge in [-0.2, -0.15) is 10.4 Å². The zero-order valence-electron chi connectivity index (χ0n) is 13.2. The van der Waals surface area contributed by atoms with Crippen LogP contribution in [-0.4, -0.2) is 15.9 Å². The van der Waals surface area contributed by atoms with Crippen molar-refractivity contribution in [1.29, 1.82) is 5.26 Å². The molecule has 5 heteroatoms. The number of aryl methyl sites for hydroxylation is 3. The summed E-state index contributed by atoms with van der Waals surface area (Å²) in [5.41, 5.74) is 4.04. The molecule has 0 unspecified atom stereocenters. The average Bonchev–Trinajstić information content (AvgIpc) is 2.83. The largest absolute Gasteiger partial charge is 0.358 e. The van der Waals surface area contributed by atoms with Gasteiger partial charge < -0.3 is 4.98 Å². The average molecular weight is 304 g/mol. The Labute approximate surface area is 133 Å². The summed E-state index contributed by atoms with van der Waals surface area (Å²) < 4.78 is 1.27. The summed E-state index contributed by atoms with van der Waals surface area (Å²) in [5, 5.41) is 14.5. The number of rotatable bonds is 2. The van der Waals surface area contributed by atoms with E-state index in [-0.39, 0.29) is 5.56 Å². The molecular weight excluding hydrogens is 288 g/mol. The number of nitriles is 1. The number of H-pyrrole nitrogens is 1. The van der Waals surface area contributed by atoms with Crippen LogP contribution in [0.4, 0.5) is 0 Å². The fourth-order valence-corrected chi connectivity index (χ4v) is 2.74. The van der Waals surface area contributed by atoms with E-state index in [9.17, 15) is 4.79 Å². The standard InChI is InChI=1S/C18H16N4O/c1-11-8-12(2)22(18(23)15(11)9-19)20-10-16-13(3)21-17-7-5-4-6-14(16)17/h4-8,10,21H,1-3H3/b20-10+. The normalized spacial score (nSPS) is 11.2.